The van der Waals surface area contributed by atoms with E-state index in [1.165, 1.54) is 0 Å². The number of hydrogen-bond acceptors (Lipinski definition) is 2. The van der Waals surface area contributed by atoms with Crippen molar-refractivity contribution in [2.75, 3.05) is 0 Å². The summed E-state index contributed by atoms with van der Waals surface area (Å²) in [5.41, 5.74) is 1.59. The summed E-state index contributed by atoms with van der Waals surface area (Å²) in [5.74, 6) is 0.242. The van der Waals surface area contributed by atoms with E-state index in [4.69, 9.17) is 9.79 Å². The number of phosphoric ester groups is 1. The average Bonchev–Trinajstić information content (AvgIpc) is 2.04. The van der Waals surface area contributed by atoms with Crippen LogP contribution in [0.1, 0.15) is 33.3 Å². The molecule has 0 heterocycles. The van der Waals surface area contributed by atoms with Crippen molar-refractivity contribution in [1.29, 1.82) is 0 Å². The minimum absolute atomic E-state index is 0. The van der Waals surface area contributed by atoms with Crippen LogP contribution in [0.4, 0.5) is 0 Å². The third kappa shape index (κ3) is 5.29. The molecule has 0 saturated heterocycles. The molecule has 0 amide bonds. The average molecular weight is 252 g/mol. The number of aryl methyl sites for hydroxylation is 1. The van der Waals surface area contributed by atoms with Gasteiger partial charge in [-0.05, 0) is 18.4 Å². The SMILES string of the molecule is Cc1ccc(OP(=O)(O)O)c(C(C)(C)C)c1.[H-].[Li+]. The Balaban J connectivity index is 0. The molecule has 1 aromatic carbocycles. The van der Waals surface area contributed by atoms with E-state index >= 15 is 0 Å². The van der Waals surface area contributed by atoms with Gasteiger partial charge < -0.3 is 5.95 Å². The fraction of sp³-hybridized carbons (Fsp3) is 0.455. The van der Waals surface area contributed by atoms with Gasteiger partial charge in [0.25, 0.3) is 0 Å². The smallest absolute Gasteiger partial charge is 1.00 e. The van der Waals surface area contributed by atoms with Gasteiger partial charge in [-0.2, -0.15) is 0 Å². The quantitative estimate of drug-likeness (QED) is 0.569. The van der Waals surface area contributed by atoms with Crippen molar-refractivity contribution in [3.63, 3.8) is 0 Å². The van der Waals surface area contributed by atoms with Crippen LogP contribution in [-0.2, 0) is 9.98 Å². The van der Waals surface area contributed by atoms with Crippen molar-refractivity contribution in [3.8, 4) is 5.75 Å². The first-order chi connectivity index (χ1) is 7.09. The van der Waals surface area contributed by atoms with Gasteiger partial charge in [0.2, 0.25) is 0 Å². The van der Waals surface area contributed by atoms with Gasteiger partial charge in [-0.25, -0.2) is 4.57 Å². The second kappa shape index (κ2) is 5.61. The maximum atomic E-state index is 10.8. The van der Waals surface area contributed by atoms with Crippen LogP contribution in [-0.4, -0.2) is 9.79 Å². The molecule has 0 atom stereocenters. The van der Waals surface area contributed by atoms with Crippen molar-refractivity contribution in [3.05, 3.63) is 29.3 Å². The summed E-state index contributed by atoms with van der Waals surface area (Å²) in [5, 5.41) is 0. The maximum Gasteiger partial charge on any atom is 1.00 e. The molecular weight excluding hydrogens is 234 g/mol. The summed E-state index contributed by atoms with van der Waals surface area (Å²) in [6.07, 6.45) is 0. The third-order valence-electron chi connectivity index (χ3n) is 2.16. The van der Waals surface area contributed by atoms with E-state index in [0.29, 0.717) is 0 Å². The van der Waals surface area contributed by atoms with E-state index in [1.54, 1.807) is 12.1 Å². The summed E-state index contributed by atoms with van der Waals surface area (Å²) in [6, 6.07) is 5.24. The predicted octanol–water partition coefficient (Wildman–Crippen LogP) is -0.119. The second-order valence-corrected chi connectivity index (χ2v) is 6.00. The molecule has 0 aliphatic rings. The van der Waals surface area contributed by atoms with Crippen molar-refractivity contribution >= 4 is 7.82 Å². The maximum absolute atomic E-state index is 10.8. The largest absolute Gasteiger partial charge is 1.00 e. The molecule has 0 aromatic heterocycles. The molecule has 0 spiro atoms. The van der Waals surface area contributed by atoms with E-state index in [9.17, 15) is 4.57 Å². The fourth-order valence-corrected chi connectivity index (χ4v) is 1.85. The van der Waals surface area contributed by atoms with E-state index in [1.807, 2.05) is 33.8 Å². The molecule has 17 heavy (non-hydrogen) atoms. The van der Waals surface area contributed by atoms with E-state index < -0.39 is 7.82 Å². The van der Waals surface area contributed by atoms with Gasteiger partial charge in [-0.15, -0.1) is 0 Å². The van der Waals surface area contributed by atoms with Crippen LogP contribution in [0.2, 0.25) is 0 Å². The Morgan fingerprint density at radius 2 is 1.82 bits per heavy atom. The molecule has 1 rings (SSSR count). The molecule has 0 aliphatic heterocycles. The van der Waals surface area contributed by atoms with Crippen LogP contribution in [0.25, 0.3) is 0 Å². The third-order valence-corrected chi connectivity index (χ3v) is 2.59. The van der Waals surface area contributed by atoms with Crippen LogP contribution in [0.3, 0.4) is 0 Å². The van der Waals surface area contributed by atoms with Gasteiger partial charge in [-0.1, -0.05) is 38.5 Å². The predicted molar refractivity (Wildman–Crippen MR) is 63.7 cm³/mol. The standard InChI is InChI=1S/C11H17O4P.Li.H/c1-8-5-6-10(15-16(12,13)14)9(7-8)11(2,3)4;;/h5-7H,1-4H3,(H2,12,13,14);;/q;+1;-1. The topological polar surface area (TPSA) is 66.8 Å². The van der Waals surface area contributed by atoms with Gasteiger partial charge in [0.1, 0.15) is 5.75 Å². The first-order valence-electron chi connectivity index (χ1n) is 4.96. The number of benzene rings is 1. The molecule has 4 nitrogen and oxygen atoms in total. The number of hydrogen-bond donors (Lipinski definition) is 2. The normalized spacial score (nSPS) is 11.9. The zero-order chi connectivity index (χ0) is 12.6. The zero-order valence-corrected chi connectivity index (χ0v) is 11.8. The monoisotopic (exact) mass is 252 g/mol. The minimum Gasteiger partial charge on any atom is -1.00 e. The van der Waals surface area contributed by atoms with E-state index in [2.05, 4.69) is 4.52 Å². The minimum atomic E-state index is -4.50. The zero-order valence-electron chi connectivity index (χ0n) is 11.9. The Morgan fingerprint density at radius 1 is 1.29 bits per heavy atom. The Bertz CT molecular complexity index is 439. The molecular formula is C11H18LiO4P. The molecule has 6 heteroatoms. The van der Waals surface area contributed by atoms with Crippen molar-refractivity contribution in [2.45, 2.75) is 33.1 Å². The van der Waals surface area contributed by atoms with Gasteiger partial charge in [-0.3, -0.25) is 9.79 Å². The van der Waals surface area contributed by atoms with Crippen LogP contribution in [0, 0.1) is 6.92 Å². The number of rotatable bonds is 2. The molecule has 0 bridgehead atoms. The Labute approximate surface area is 115 Å². The molecule has 92 valence electrons. The fourth-order valence-electron chi connectivity index (χ4n) is 1.44. The summed E-state index contributed by atoms with van der Waals surface area (Å²) in [6.45, 7) is 7.83. The van der Waals surface area contributed by atoms with Gasteiger partial charge >= 0.3 is 26.7 Å². The molecule has 2 N–H and O–H groups in total. The van der Waals surface area contributed by atoms with Crippen LogP contribution in [0.15, 0.2) is 18.2 Å². The summed E-state index contributed by atoms with van der Waals surface area (Å²) in [7, 11) is -4.50. The Hall–Kier alpha value is -0.233. The van der Waals surface area contributed by atoms with Crippen molar-refractivity contribution in [1.82, 2.24) is 0 Å². The van der Waals surface area contributed by atoms with Crippen molar-refractivity contribution < 1.29 is 39.2 Å². The van der Waals surface area contributed by atoms with Crippen LogP contribution >= 0.6 is 7.82 Å². The molecule has 0 aliphatic carbocycles. The number of phosphoric acid groups is 1. The second-order valence-electron chi connectivity index (χ2n) is 4.83. The van der Waals surface area contributed by atoms with Crippen LogP contribution < -0.4 is 23.4 Å². The van der Waals surface area contributed by atoms with Gasteiger partial charge in [0.05, 0.1) is 0 Å². The first kappa shape index (κ1) is 16.8. The van der Waals surface area contributed by atoms with E-state index in [0.717, 1.165) is 11.1 Å². The van der Waals surface area contributed by atoms with Gasteiger partial charge in [0, 0.05) is 5.56 Å². The van der Waals surface area contributed by atoms with E-state index in [-0.39, 0.29) is 31.5 Å². The molecule has 0 saturated carbocycles. The summed E-state index contributed by atoms with van der Waals surface area (Å²) in [4.78, 5) is 17.6. The molecule has 0 radical (unpaired) electrons. The Morgan fingerprint density at radius 3 is 2.24 bits per heavy atom. The van der Waals surface area contributed by atoms with Crippen molar-refractivity contribution in [2.24, 2.45) is 0 Å². The first-order valence-corrected chi connectivity index (χ1v) is 6.49. The Kier molecular flexibility index (Phi) is 5.53. The summed E-state index contributed by atoms with van der Waals surface area (Å²) >= 11 is 0. The van der Waals surface area contributed by atoms with Crippen LogP contribution in [0.5, 0.6) is 5.75 Å². The molecule has 1 aromatic rings. The molecule has 0 fully saturated rings. The summed E-state index contributed by atoms with van der Waals surface area (Å²) < 4.78 is 15.5. The van der Waals surface area contributed by atoms with Gasteiger partial charge in [0.15, 0.2) is 0 Å². The molecule has 0 unspecified atom stereocenters.